The van der Waals surface area contributed by atoms with Crippen molar-refractivity contribution in [1.29, 1.82) is 0 Å². The van der Waals surface area contributed by atoms with Gasteiger partial charge < -0.3 is 5.73 Å². The number of nitrogen functional groups attached to an aromatic ring is 1. The molecule has 0 aliphatic heterocycles. The van der Waals surface area contributed by atoms with Crippen molar-refractivity contribution in [3.05, 3.63) is 36.4 Å². The van der Waals surface area contributed by atoms with Crippen LogP contribution in [0.3, 0.4) is 0 Å². The summed E-state index contributed by atoms with van der Waals surface area (Å²) < 4.78 is 26.2. The molecule has 0 amide bonds. The number of rotatable bonds is 4. The van der Waals surface area contributed by atoms with Gasteiger partial charge in [0, 0.05) is 11.7 Å². The lowest BCUT2D eigenvalue weighted by Gasteiger charge is -2.11. The Bertz CT molecular complexity index is 495. The van der Waals surface area contributed by atoms with Crippen LogP contribution in [-0.2, 0) is 10.0 Å². The van der Waals surface area contributed by atoms with E-state index in [1.807, 2.05) is 6.92 Å². The number of aryl methyl sites for hydroxylation is 1. The largest absolute Gasteiger partial charge is 0.398 e. The average molecular weight is 240 g/mol. The molecule has 0 saturated heterocycles. The predicted octanol–water partition coefficient (Wildman–Crippen LogP) is 1.43. The molecule has 5 heteroatoms. The third-order valence-corrected chi connectivity index (χ3v) is 3.81. The molecule has 0 heterocycles. The molecule has 0 aliphatic rings. The summed E-state index contributed by atoms with van der Waals surface area (Å²) in [6.07, 6.45) is 1.52. The predicted molar refractivity (Wildman–Crippen MR) is 65.6 cm³/mol. The van der Waals surface area contributed by atoms with Gasteiger partial charge in [0.25, 0.3) is 0 Å². The Morgan fingerprint density at radius 1 is 1.50 bits per heavy atom. The van der Waals surface area contributed by atoms with Crippen LogP contribution in [0.5, 0.6) is 0 Å². The van der Waals surface area contributed by atoms with Crippen molar-refractivity contribution >= 4 is 15.7 Å². The van der Waals surface area contributed by atoms with E-state index in [0.29, 0.717) is 5.69 Å². The molecule has 4 nitrogen and oxygen atoms in total. The van der Waals surface area contributed by atoms with Crippen molar-refractivity contribution in [3.63, 3.8) is 0 Å². The lowest BCUT2D eigenvalue weighted by atomic mass is 10.2. The minimum Gasteiger partial charge on any atom is -0.398 e. The van der Waals surface area contributed by atoms with Crippen LogP contribution >= 0.6 is 0 Å². The molecule has 0 spiro atoms. The molecule has 1 atom stereocenters. The Morgan fingerprint density at radius 2 is 2.12 bits per heavy atom. The second-order valence-corrected chi connectivity index (χ2v) is 5.38. The molecule has 0 radical (unpaired) electrons. The fraction of sp³-hybridized carbons (Fsp3) is 0.273. The quantitative estimate of drug-likeness (QED) is 0.617. The van der Waals surface area contributed by atoms with Crippen LogP contribution in [0, 0.1) is 6.92 Å². The van der Waals surface area contributed by atoms with Gasteiger partial charge in [-0.25, -0.2) is 13.1 Å². The van der Waals surface area contributed by atoms with Gasteiger partial charge in [-0.2, -0.15) is 0 Å². The molecule has 0 bridgehead atoms. The second kappa shape index (κ2) is 4.67. The summed E-state index contributed by atoms with van der Waals surface area (Å²) in [5.41, 5.74) is 6.99. The van der Waals surface area contributed by atoms with E-state index < -0.39 is 10.0 Å². The van der Waals surface area contributed by atoms with Crippen molar-refractivity contribution in [3.8, 4) is 0 Å². The molecule has 0 fully saturated rings. The van der Waals surface area contributed by atoms with Crippen LogP contribution in [0.4, 0.5) is 5.69 Å². The Labute approximate surface area is 96.2 Å². The van der Waals surface area contributed by atoms with Crippen LogP contribution < -0.4 is 10.5 Å². The molecular formula is C11H16N2O2S. The summed E-state index contributed by atoms with van der Waals surface area (Å²) >= 11 is 0. The highest BCUT2D eigenvalue weighted by molar-refractivity contribution is 7.89. The van der Waals surface area contributed by atoms with E-state index in [1.165, 1.54) is 18.2 Å². The maximum absolute atomic E-state index is 11.9. The van der Waals surface area contributed by atoms with Crippen LogP contribution in [0.2, 0.25) is 0 Å². The molecule has 0 aliphatic carbocycles. The van der Waals surface area contributed by atoms with Gasteiger partial charge in [0.15, 0.2) is 0 Å². The molecule has 0 aromatic heterocycles. The van der Waals surface area contributed by atoms with Crippen LogP contribution in [0.1, 0.15) is 12.5 Å². The summed E-state index contributed by atoms with van der Waals surface area (Å²) in [6, 6.07) is 4.35. The third kappa shape index (κ3) is 2.84. The summed E-state index contributed by atoms with van der Waals surface area (Å²) in [5, 5.41) is 0. The Balaban J connectivity index is 3.08. The summed E-state index contributed by atoms with van der Waals surface area (Å²) in [4.78, 5) is 0.171. The lowest BCUT2D eigenvalue weighted by Crippen LogP contribution is -2.31. The first-order valence-electron chi connectivity index (χ1n) is 4.88. The molecule has 1 rings (SSSR count). The number of anilines is 1. The van der Waals surface area contributed by atoms with Gasteiger partial charge >= 0.3 is 0 Å². The Hall–Kier alpha value is -1.33. The summed E-state index contributed by atoms with van der Waals surface area (Å²) in [7, 11) is -3.51. The van der Waals surface area contributed by atoms with E-state index in [0.717, 1.165) is 5.56 Å². The Kier molecular flexibility index (Phi) is 3.72. The fourth-order valence-corrected chi connectivity index (χ4v) is 2.40. The first-order chi connectivity index (χ1) is 7.36. The van der Waals surface area contributed by atoms with Crippen molar-refractivity contribution < 1.29 is 8.42 Å². The molecule has 16 heavy (non-hydrogen) atoms. The van der Waals surface area contributed by atoms with Crippen molar-refractivity contribution in [2.75, 3.05) is 5.73 Å². The van der Waals surface area contributed by atoms with Crippen LogP contribution in [0.25, 0.3) is 0 Å². The van der Waals surface area contributed by atoms with Gasteiger partial charge in [0.1, 0.15) is 0 Å². The zero-order valence-electron chi connectivity index (χ0n) is 9.40. The number of sulfonamides is 1. The van der Waals surface area contributed by atoms with Gasteiger partial charge in [-0.3, -0.25) is 0 Å². The molecule has 1 aromatic rings. The molecular weight excluding hydrogens is 224 g/mol. The zero-order chi connectivity index (χ0) is 12.3. The van der Waals surface area contributed by atoms with E-state index in [1.54, 1.807) is 13.0 Å². The highest BCUT2D eigenvalue weighted by Gasteiger charge is 2.16. The smallest absolute Gasteiger partial charge is 0.241 e. The van der Waals surface area contributed by atoms with Gasteiger partial charge in [-0.05, 0) is 31.5 Å². The SMILES string of the molecule is C=CC(C)NS(=O)(=O)c1ccc(C)c(N)c1. The maximum atomic E-state index is 11.9. The molecule has 0 saturated carbocycles. The summed E-state index contributed by atoms with van der Waals surface area (Å²) in [5.74, 6) is 0. The topological polar surface area (TPSA) is 72.2 Å². The zero-order valence-corrected chi connectivity index (χ0v) is 10.2. The number of nitrogens with one attached hydrogen (secondary N) is 1. The second-order valence-electron chi connectivity index (χ2n) is 3.66. The Morgan fingerprint density at radius 3 is 2.62 bits per heavy atom. The average Bonchev–Trinajstić information content (AvgIpc) is 2.21. The molecule has 1 unspecified atom stereocenters. The normalized spacial score (nSPS) is 13.4. The van der Waals surface area contributed by atoms with Gasteiger partial charge in [-0.1, -0.05) is 12.1 Å². The maximum Gasteiger partial charge on any atom is 0.241 e. The van der Waals surface area contributed by atoms with E-state index in [4.69, 9.17) is 5.73 Å². The monoisotopic (exact) mass is 240 g/mol. The fourth-order valence-electron chi connectivity index (χ4n) is 1.15. The van der Waals surface area contributed by atoms with E-state index in [2.05, 4.69) is 11.3 Å². The van der Waals surface area contributed by atoms with Crippen molar-refractivity contribution in [2.45, 2.75) is 24.8 Å². The van der Waals surface area contributed by atoms with Crippen LogP contribution in [0.15, 0.2) is 35.7 Å². The highest BCUT2D eigenvalue weighted by Crippen LogP contribution is 2.17. The molecule has 88 valence electrons. The van der Waals surface area contributed by atoms with E-state index in [9.17, 15) is 8.42 Å². The third-order valence-electron chi connectivity index (χ3n) is 2.26. The number of hydrogen-bond acceptors (Lipinski definition) is 3. The van der Waals surface area contributed by atoms with Crippen LogP contribution in [-0.4, -0.2) is 14.5 Å². The first kappa shape index (κ1) is 12.7. The number of nitrogens with two attached hydrogens (primary N) is 1. The minimum atomic E-state index is -3.51. The van der Waals surface area contributed by atoms with E-state index >= 15 is 0 Å². The van der Waals surface area contributed by atoms with E-state index in [-0.39, 0.29) is 10.9 Å². The van der Waals surface area contributed by atoms with Gasteiger partial charge in [0.05, 0.1) is 4.90 Å². The summed E-state index contributed by atoms with van der Waals surface area (Å²) in [6.45, 7) is 7.05. The molecule has 1 aromatic carbocycles. The first-order valence-corrected chi connectivity index (χ1v) is 6.36. The minimum absolute atomic E-state index is 0.171. The number of hydrogen-bond donors (Lipinski definition) is 2. The lowest BCUT2D eigenvalue weighted by molar-refractivity contribution is 0.576. The van der Waals surface area contributed by atoms with Crippen molar-refractivity contribution in [2.24, 2.45) is 0 Å². The number of benzene rings is 1. The highest BCUT2D eigenvalue weighted by atomic mass is 32.2. The standard InChI is InChI=1S/C11H16N2O2S/c1-4-9(3)13-16(14,15)10-6-5-8(2)11(12)7-10/h4-7,9,13H,1,12H2,2-3H3. The van der Waals surface area contributed by atoms with Gasteiger partial charge in [-0.15, -0.1) is 6.58 Å². The van der Waals surface area contributed by atoms with Crippen molar-refractivity contribution in [1.82, 2.24) is 4.72 Å². The van der Waals surface area contributed by atoms with Gasteiger partial charge in [0.2, 0.25) is 10.0 Å². The molecule has 3 N–H and O–H groups in total.